The summed E-state index contributed by atoms with van der Waals surface area (Å²) in [5.41, 5.74) is 11.4. The molecule has 0 spiro atoms. The zero-order chi connectivity index (χ0) is 37.3. The Morgan fingerprint density at radius 2 is 1.02 bits per heavy atom. The van der Waals surface area contributed by atoms with E-state index in [2.05, 4.69) is 132 Å². The van der Waals surface area contributed by atoms with Crippen molar-refractivity contribution in [3.05, 3.63) is 211 Å². The van der Waals surface area contributed by atoms with Crippen LogP contribution in [0.1, 0.15) is 17.9 Å². The first-order chi connectivity index (χ1) is 27.8. The van der Waals surface area contributed by atoms with Crippen molar-refractivity contribution in [2.24, 2.45) is 0 Å². The van der Waals surface area contributed by atoms with Gasteiger partial charge in [-0.25, -0.2) is 15.0 Å². The molecule has 0 saturated heterocycles. The van der Waals surface area contributed by atoms with Crippen molar-refractivity contribution < 1.29 is 4.42 Å². The number of anilines is 2. The highest BCUT2D eigenvalue weighted by atomic mass is 16.3. The van der Waals surface area contributed by atoms with E-state index >= 15 is 0 Å². The number of hydrogen-bond donors (Lipinski definition) is 0. The molecule has 0 bridgehead atoms. The van der Waals surface area contributed by atoms with Crippen LogP contribution >= 0.6 is 0 Å². The molecule has 0 saturated carbocycles. The van der Waals surface area contributed by atoms with Gasteiger partial charge in [-0.1, -0.05) is 158 Å². The van der Waals surface area contributed by atoms with Crippen molar-refractivity contribution in [1.29, 1.82) is 0 Å². The average Bonchev–Trinajstić information content (AvgIpc) is 3.68. The average molecular weight is 721 g/mol. The Morgan fingerprint density at radius 1 is 0.482 bits per heavy atom. The Hall–Kier alpha value is -7.37. The number of allylic oxidation sites excluding steroid dienone is 4. The predicted octanol–water partition coefficient (Wildman–Crippen LogP) is 13.2. The SMILES string of the molecule is C1=CC(c2ccc(-c3nc(-c4ccccc4)nc(-c4ccccc4)n3)c3c2oc2ccccc23)CC(N(c2ccccc2)c2ccc(-c3ccccc3)cc2)=C1. The van der Waals surface area contributed by atoms with Gasteiger partial charge in [0.2, 0.25) is 0 Å². The maximum Gasteiger partial charge on any atom is 0.164 e. The fraction of sp³-hybridized carbons (Fsp3) is 0.0392. The third kappa shape index (κ3) is 6.25. The molecule has 1 unspecified atom stereocenters. The van der Waals surface area contributed by atoms with Gasteiger partial charge in [0.05, 0.1) is 0 Å². The van der Waals surface area contributed by atoms with Gasteiger partial charge in [-0.3, -0.25) is 0 Å². The molecule has 5 nitrogen and oxygen atoms in total. The molecule has 0 radical (unpaired) electrons. The summed E-state index contributed by atoms with van der Waals surface area (Å²) in [4.78, 5) is 17.5. The largest absolute Gasteiger partial charge is 0.456 e. The van der Waals surface area contributed by atoms with Gasteiger partial charge in [-0.15, -0.1) is 0 Å². The minimum Gasteiger partial charge on any atom is -0.456 e. The lowest BCUT2D eigenvalue weighted by Gasteiger charge is -2.31. The summed E-state index contributed by atoms with van der Waals surface area (Å²) >= 11 is 0. The van der Waals surface area contributed by atoms with Gasteiger partial charge in [-0.2, -0.15) is 0 Å². The first-order valence-corrected chi connectivity index (χ1v) is 19.0. The number of para-hydroxylation sites is 2. The molecular weight excluding hydrogens is 685 g/mol. The van der Waals surface area contributed by atoms with E-state index in [1.165, 1.54) is 16.8 Å². The third-order valence-electron chi connectivity index (χ3n) is 10.5. The van der Waals surface area contributed by atoms with Crippen molar-refractivity contribution in [1.82, 2.24) is 15.0 Å². The molecule has 7 aromatic carbocycles. The number of hydrogen-bond acceptors (Lipinski definition) is 5. The Balaban J connectivity index is 1.08. The Kier molecular flexibility index (Phi) is 8.58. The standard InChI is InChI=1S/C51H36N4O/c1-5-16-35(17-6-1)36-28-30-41(31-29-36)55(40-23-11-4-12-24-40)42-25-15-22-39(34-42)43-32-33-45(47-44-26-13-14-27-46(44)56-48(43)47)51-53-49(37-18-7-2-8-19-37)52-50(54-51)38-20-9-3-10-21-38/h1-33,39H,34H2. The molecular formula is C51H36N4O. The maximum absolute atomic E-state index is 6.81. The molecule has 2 heterocycles. The van der Waals surface area contributed by atoms with Gasteiger partial charge in [0.15, 0.2) is 17.5 Å². The lowest BCUT2D eigenvalue weighted by Crippen LogP contribution is -2.19. The van der Waals surface area contributed by atoms with Gasteiger partial charge in [0.1, 0.15) is 11.2 Å². The minimum atomic E-state index is 0.0556. The molecule has 0 aliphatic heterocycles. The highest BCUT2D eigenvalue weighted by molar-refractivity contribution is 6.13. The molecule has 1 aliphatic carbocycles. The Morgan fingerprint density at radius 3 is 1.68 bits per heavy atom. The van der Waals surface area contributed by atoms with Gasteiger partial charge in [-0.05, 0) is 60.0 Å². The number of benzene rings is 7. The van der Waals surface area contributed by atoms with Crippen molar-refractivity contribution >= 4 is 33.3 Å². The zero-order valence-electron chi connectivity index (χ0n) is 30.5. The summed E-state index contributed by atoms with van der Waals surface area (Å²) in [6.45, 7) is 0. The molecule has 2 aromatic heterocycles. The Labute approximate surface area is 325 Å². The van der Waals surface area contributed by atoms with Crippen LogP contribution in [0.5, 0.6) is 0 Å². The smallest absolute Gasteiger partial charge is 0.164 e. The second-order valence-corrected chi connectivity index (χ2v) is 14.0. The number of rotatable bonds is 8. The molecule has 9 aromatic rings. The summed E-state index contributed by atoms with van der Waals surface area (Å²) in [6.07, 6.45) is 7.49. The lowest BCUT2D eigenvalue weighted by atomic mass is 9.87. The Bertz CT molecular complexity index is 2810. The first-order valence-electron chi connectivity index (χ1n) is 19.0. The van der Waals surface area contributed by atoms with E-state index < -0.39 is 0 Å². The van der Waals surface area contributed by atoms with E-state index in [0.29, 0.717) is 17.5 Å². The quantitative estimate of drug-likeness (QED) is 0.156. The molecule has 1 atom stereocenters. The predicted molar refractivity (Wildman–Crippen MR) is 228 cm³/mol. The molecule has 0 N–H and O–H groups in total. The van der Waals surface area contributed by atoms with Crippen LogP contribution in [-0.2, 0) is 0 Å². The monoisotopic (exact) mass is 720 g/mol. The fourth-order valence-electron chi connectivity index (χ4n) is 7.79. The van der Waals surface area contributed by atoms with Crippen molar-refractivity contribution in [2.45, 2.75) is 12.3 Å². The molecule has 1 aliphatic rings. The van der Waals surface area contributed by atoms with Crippen LogP contribution in [0.3, 0.4) is 0 Å². The summed E-state index contributed by atoms with van der Waals surface area (Å²) in [5.74, 6) is 1.92. The summed E-state index contributed by atoms with van der Waals surface area (Å²) < 4.78 is 6.81. The number of fused-ring (bicyclic) bond motifs is 3. The summed E-state index contributed by atoms with van der Waals surface area (Å²) in [6, 6.07) is 62.8. The molecule has 0 fully saturated rings. The topological polar surface area (TPSA) is 55.1 Å². The van der Waals surface area contributed by atoms with Crippen molar-refractivity contribution in [2.75, 3.05) is 4.90 Å². The second-order valence-electron chi connectivity index (χ2n) is 14.0. The van der Waals surface area contributed by atoms with Crippen LogP contribution in [0, 0.1) is 0 Å². The minimum absolute atomic E-state index is 0.0556. The van der Waals surface area contributed by atoms with Crippen LogP contribution in [-0.4, -0.2) is 15.0 Å². The van der Waals surface area contributed by atoms with Crippen LogP contribution in [0.2, 0.25) is 0 Å². The maximum atomic E-state index is 6.81. The van der Waals surface area contributed by atoms with Crippen LogP contribution in [0.15, 0.2) is 210 Å². The third-order valence-corrected chi connectivity index (χ3v) is 10.5. The molecule has 10 rings (SSSR count). The van der Waals surface area contributed by atoms with Crippen LogP contribution in [0.25, 0.3) is 67.2 Å². The summed E-state index contributed by atoms with van der Waals surface area (Å²) in [7, 11) is 0. The second kappa shape index (κ2) is 14.5. The first kappa shape index (κ1) is 33.2. The van der Waals surface area contributed by atoms with E-state index in [1.807, 2.05) is 72.8 Å². The van der Waals surface area contributed by atoms with Crippen molar-refractivity contribution in [3.8, 4) is 45.3 Å². The van der Waals surface area contributed by atoms with E-state index in [0.717, 1.165) is 62.0 Å². The van der Waals surface area contributed by atoms with E-state index in [1.54, 1.807) is 0 Å². The molecule has 0 amide bonds. The van der Waals surface area contributed by atoms with E-state index in [4.69, 9.17) is 19.4 Å². The van der Waals surface area contributed by atoms with E-state index in [-0.39, 0.29) is 5.92 Å². The van der Waals surface area contributed by atoms with Gasteiger partial charge < -0.3 is 9.32 Å². The zero-order valence-corrected chi connectivity index (χ0v) is 30.5. The van der Waals surface area contributed by atoms with Gasteiger partial charge in [0.25, 0.3) is 0 Å². The fourth-order valence-corrected chi connectivity index (χ4v) is 7.79. The van der Waals surface area contributed by atoms with Crippen LogP contribution < -0.4 is 4.90 Å². The lowest BCUT2D eigenvalue weighted by molar-refractivity contribution is 0.655. The number of aromatic nitrogens is 3. The normalized spacial score (nSPS) is 13.9. The molecule has 56 heavy (non-hydrogen) atoms. The van der Waals surface area contributed by atoms with E-state index in [9.17, 15) is 0 Å². The highest BCUT2D eigenvalue weighted by Crippen LogP contribution is 2.44. The molecule has 5 heteroatoms. The van der Waals surface area contributed by atoms with Gasteiger partial charge in [0, 0.05) is 56.0 Å². The highest BCUT2D eigenvalue weighted by Gasteiger charge is 2.26. The number of nitrogens with zero attached hydrogens (tertiary/aromatic N) is 4. The number of furan rings is 1. The van der Waals surface area contributed by atoms with Crippen LogP contribution in [0.4, 0.5) is 11.4 Å². The van der Waals surface area contributed by atoms with Crippen molar-refractivity contribution in [3.63, 3.8) is 0 Å². The molecule has 266 valence electrons. The summed E-state index contributed by atoms with van der Waals surface area (Å²) in [5, 5.41) is 2.03. The van der Waals surface area contributed by atoms with Gasteiger partial charge >= 0.3 is 0 Å².